The fourth-order valence-corrected chi connectivity index (χ4v) is 3.27. The van der Waals surface area contributed by atoms with E-state index in [0.29, 0.717) is 22.6 Å². The number of rotatable bonds is 4. The topological polar surface area (TPSA) is 73.0 Å². The zero-order valence-electron chi connectivity index (χ0n) is 14.1. The van der Waals surface area contributed by atoms with Crippen LogP contribution in [0.2, 0.25) is 10.0 Å². The summed E-state index contributed by atoms with van der Waals surface area (Å²) in [7, 11) is 1.61. The van der Waals surface area contributed by atoms with E-state index in [2.05, 4.69) is 10.4 Å². The number of halogens is 4. The Morgan fingerprint density at radius 1 is 1.15 bits per heavy atom. The first-order valence-corrected chi connectivity index (χ1v) is 8.34. The van der Waals surface area contributed by atoms with E-state index in [4.69, 9.17) is 23.2 Å². The van der Waals surface area contributed by atoms with Crippen LogP contribution >= 0.6 is 23.2 Å². The van der Waals surface area contributed by atoms with Gasteiger partial charge in [-0.2, -0.15) is 5.10 Å². The van der Waals surface area contributed by atoms with E-state index in [1.807, 2.05) is 0 Å². The predicted octanol–water partition coefficient (Wildman–Crippen LogP) is 5.63. The smallest absolute Gasteiger partial charge is 0.297 e. The van der Waals surface area contributed by atoms with E-state index in [9.17, 15) is 18.9 Å². The van der Waals surface area contributed by atoms with Gasteiger partial charge in [0.25, 0.3) is 5.69 Å². The maximum Gasteiger partial charge on any atom is 0.297 e. The number of hydrogen-bond donors (Lipinski definition) is 1. The highest BCUT2D eigenvalue weighted by atomic mass is 35.5. The lowest BCUT2D eigenvalue weighted by Gasteiger charge is -2.13. The molecule has 10 heteroatoms. The standard InChI is InChI=1S/C17H12Cl2F2N4O2/c1-8-15(11-4-3-9(20)5-12(11)18)17(24(2)23-8)22-16-13(19)6-10(21)7-14(16)25(26)27/h3-7,22H,1-2H3. The minimum atomic E-state index is -0.833. The summed E-state index contributed by atoms with van der Waals surface area (Å²) in [6.45, 7) is 1.71. The molecule has 0 saturated heterocycles. The molecule has 0 atom stereocenters. The van der Waals surface area contributed by atoms with Crippen molar-refractivity contribution in [1.82, 2.24) is 9.78 Å². The van der Waals surface area contributed by atoms with Gasteiger partial charge in [-0.3, -0.25) is 14.8 Å². The number of aromatic nitrogens is 2. The molecular weight excluding hydrogens is 401 g/mol. The fourth-order valence-electron chi connectivity index (χ4n) is 2.76. The molecule has 140 valence electrons. The van der Waals surface area contributed by atoms with Crippen LogP contribution in [0.3, 0.4) is 0 Å². The van der Waals surface area contributed by atoms with Crippen LogP contribution in [0.1, 0.15) is 5.69 Å². The van der Waals surface area contributed by atoms with Crippen LogP contribution in [0.4, 0.5) is 26.0 Å². The summed E-state index contributed by atoms with van der Waals surface area (Å²) in [6, 6.07) is 5.60. The number of anilines is 2. The molecule has 0 spiro atoms. The summed E-state index contributed by atoms with van der Waals surface area (Å²) in [5, 5.41) is 18.4. The van der Waals surface area contributed by atoms with E-state index in [-0.39, 0.29) is 15.7 Å². The molecule has 1 heterocycles. The maximum absolute atomic E-state index is 13.5. The van der Waals surface area contributed by atoms with Gasteiger partial charge in [0.05, 0.1) is 26.7 Å². The number of hydrogen-bond acceptors (Lipinski definition) is 4. The highest BCUT2D eigenvalue weighted by molar-refractivity contribution is 6.34. The van der Waals surface area contributed by atoms with Gasteiger partial charge < -0.3 is 5.32 Å². The highest BCUT2D eigenvalue weighted by Gasteiger charge is 2.24. The summed E-state index contributed by atoms with van der Waals surface area (Å²) in [5.74, 6) is -1.00. The van der Waals surface area contributed by atoms with Crippen LogP contribution < -0.4 is 5.32 Å². The van der Waals surface area contributed by atoms with Crippen molar-refractivity contribution in [2.45, 2.75) is 6.92 Å². The Labute approximate surface area is 162 Å². The van der Waals surface area contributed by atoms with Crippen LogP contribution in [0.15, 0.2) is 30.3 Å². The number of nitrogens with one attached hydrogen (secondary N) is 1. The number of nitro groups is 1. The Morgan fingerprint density at radius 3 is 2.44 bits per heavy atom. The van der Waals surface area contributed by atoms with Gasteiger partial charge in [-0.05, 0) is 31.2 Å². The molecule has 0 fully saturated rings. The summed E-state index contributed by atoms with van der Waals surface area (Å²) in [4.78, 5) is 10.6. The molecule has 0 aliphatic heterocycles. The largest absolute Gasteiger partial charge is 0.333 e. The molecule has 0 amide bonds. The van der Waals surface area contributed by atoms with E-state index < -0.39 is 22.2 Å². The summed E-state index contributed by atoms with van der Waals surface area (Å²) in [5.41, 5.74) is 0.916. The van der Waals surface area contributed by atoms with Crippen molar-refractivity contribution in [2.24, 2.45) is 7.05 Å². The quantitative estimate of drug-likeness (QED) is 0.444. The molecule has 0 radical (unpaired) electrons. The molecule has 1 aromatic heterocycles. The first-order chi connectivity index (χ1) is 12.7. The molecule has 0 aliphatic rings. The van der Waals surface area contributed by atoms with Gasteiger partial charge in [0.1, 0.15) is 23.1 Å². The third-order valence-electron chi connectivity index (χ3n) is 3.90. The third kappa shape index (κ3) is 3.58. The van der Waals surface area contributed by atoms with Crippen LogP contribution in [-0.4, -0.2) is 14.7 Å². The lowest BCUT2D eigenvalue weighted by Crippen LogP contribution is -2.04. The maximum atomic E-state index is 13.5. The molecule has 0 unspecified atom stereocenters. The van der Waals surface area contributed by atoms with Crippen molar-refractivity contribution in [3.63, 3.8) is 0 Å². The molecule has 0 bridgehead atoms. The lowest BCUT2D eigenvalue weighted by atomic mass is 10.1. The Bertz CT molecular complexity index is 1070. The summed E-state index contributed by atoms with van der Waals surface area (Å²) in [6.07, 6.45) is 0. The highest BCUT2D eigenvalue weighted by Crippen LogP contribution is 2.41. The van der Waals surface area contributed by atoms with Crippen molar-refractivity contribution >= 4 is 40.4 Å². The van der Waals surface area contributed by atoms with E-state index >= 15 is 0 Å². The molecule has 0 saturated carbocycles. The Morgan fingerprint density at radius 2 is 1.81 bits per heavy atom. The molecule has 1 N–H and O–H groups in total. The lowest BCUT2D eigenvalue weighted by molar-refractivity contribution is -0.384. The van der Waals surface area contributed by atoms with Crippen molar-refractivity contribution in [2.75, 3.05) is 5.32 Å². The molecule has 3 aromatic rings. The van der Waals surface area contributed by atoms with Gasteiger partial charge in [0.2, 0.25) is 0 Å². The van der Waals surface area contributed by atoms with Gasteiger partial charge >= 0.3 is 0 Å². The minimum Gasteiger partial charge on any atom is -0.333 e. The second kappa shape index (κ2) is 7.13. The molecule has 27 heavy (non-hydrogen) atoms. The second-order valence-electron chi connectivity index (χ2n) is 5.72. The number of aryl methyl sites for hydroxylation is 2. The molecule has 0 aliphatic carbocycles. The predicted molar refractivity (Wildman–Crippen MR) is 99.7 cm³/mol. The van der Waals surface area contributed by atoms with E-state index in [1.54, 1.807) is 14.0 Å². The average Bonchev–Trinajstić information content (AvgIpc) is 2.83. The van der Waals surface area contributed by atoms with Crippen molar-refractivity contribution < 1.29 is 13.7 Å². The molecule has 3 rings (SSSR count). The number of benzene rings is 2. The molecular formula is C17H12Cl2F2N4O2. The Hall–Kier alpha value is -2.71. The van der Waals surface area contributed by atoms with Gasteiger partial charge in [-0.15, -0.1) is 0 Å². The second-order valence-corrected chi connectivity index (χ2v) is 6.54. The van der Waals surface area contributed by atoms with Gasteiger partial charge in [0.15, 0.2) is 0 Å². The average molecular weight is 413 g/mol. The molecule has 6 nitrogen and oxygen atoms in total. The number of nitrogens with zero attached hydrogens (tertiary/aromatic N) is 3. The van der Waals surface area contributed by atoms with Crippen LogP contribution in [0.5, 0.6) is 0 Å². The number of nitro benzene ring substituents is 1. The van der Waals surface area contributed by atoms with Gasteiger partial charge in [-0.1, -0.05) is 23.2 Å². The fraction of sp³-hybridized carbons (Fsp3) is 0.118. The van der Waals surface area contributed by atoms with Crippen LogP contribution in [-0.2, 0) is 7.05 Å². The minimum absolute atomic E-state index is 0.0921. The van der Waals surface area contributed by atoms with Gasteiger partial charge in [0, 0.05) is 18.2 Å². The van der Waals surface area contributed by atoms with Crippen molar-refractivity contribution in [3.8, 4) is 11.1 Å². The van der Waals surface area contributed by atoms with Crippen molar-refractivity contribution in [3.05, 3.63) is 67.8 Å². The SMILES string of the molecule is Cc1nn(C)c(Nc2c(Cl)cc(F)cc2[N+](=O)[O-])c1-c1ccc(F)cc1Cl. The first kappa shape index (κ1) is 19.1. The monoisotopic (exact) mass is 412 g/mol. The third-order valence-corrected chi connectivity index (χ3v) is 4.51. The first-order valence-electron chi connectivity index (χ1n) is 7.58. The van der Waals surface area contributed by atoms with Gasteiger partial charge in [-0.25, -0.2) is 8.78 Å². The molecule has 2 aromatic carbocycles. The zero-order chi connectivity index (χ0) is 19.9. The van der Waals surface area contributed by atoms with E-state index in [1.165, 1.54) is 16.8 Å². The normalized spacial score (nSPS) is 10.9. The summed E-state index contributed by atoms with van der Waals surface area (Å²) < 4.78 is 28.4. The van der Waals surface area contributed by atoms with Crippen molar-refractivity contribution in [1.29, 1.82) is 0 Å². The Balaban J connectivity index is 2.20. The van der Waals surface area contributed by atoms with Crippen LogP contribution in [0, 0.1) is 28.7 Å². The summed E-state index contributed by atoms with van der Waals surface area (Å²) >= 11 is 12.2. The Kier molecular flexibility index (Phi) is 5.03. The van der Waals surface area contributed by atoms with E-state index in [0.717, 1.165) is 18.2 Å². The zero-order valence-corrected chi connectivity index (χ0v) is 15.6. The van der Waals surface area contributed by atoms with Crippen LogP contribution in [0.25, 0.3) is 11.1 Å².